The zero-order valence-electron chi connectivity index (χ0n) is 9.94. The van der Waals surface area contributed by atoms with Crippen LogP contribution in [0.15, 0.2) is 0 Å². The van der Waals surface area contributed by atoms with Gasteiger partial charge in [0.15, 0.2) is 0 Å². The molecule has 0 aromatic rings. The Morgan fingerprint density at radius 3 is 2.67 bits per heavy atom. The van der Waals surface area contributed by atoms with Crippen molar-refractivity contribution in [3.05, 3.63) is 0 Å². The molecule has 1 heterocycles. The number of hydrogen-bond acceptors (Lipinski definition) is 4. The molecule has 4 heteroatoms. The molecule has 0 radical (unpaired) electrons. The summed E-state index contributed by atoms with van der Waals surface area (Å²) in [5.41, 5.74) is -0.208. The molecule has 1 rings (SSSR count). The Hall–Kier alpha value is -0.160. The Balaban J connectivity index is 2.50. The van der Waals surface area contributed by atoms with Crippen LogP contribution < -0.4 is 0 Å². The van der Waals surface area contributed by atoms with Gasteiger partial charge >= 0.3 is 0 Å². The smallest absolute Gasteiger partial charge is 0.0940 e. The van der Waals surface area contributed by atoms with Crippen LogP contribution in [0.2, 0.25) is 0 Å². The van der Waals surface area contributed by atoms with Gasteiger partial charge in [0.1, 0.15) is 0 Å². The topological polar surface area (TPSA) is 52.9 Å². The highest BCUT2D eigenvalue weighted by atomic mass is 16.5. The van der Waals surface area contributed by atoms with E-state index in [0.717, 1.165) is 19.6 Å². The van der Waals surface area contributed by atoms with E-state index >= 15 is 0 Å². The second-order valence-electron chi connectivity index (χ2n) is 5.16. The Morgan fingerprint density at radius 2 is 2.13 bits per heavy atom. The highest BCUT2D eigenvalue weighted by molar-refractivity contribution is 4.84. The lowest BCUT2D eigenvalue weighted by molar-refractivity contribution is -0.151. The molecular weight excluding hydrogens is 194 g/mol. The number of aliphatic hydroxyl groups is 2. The van der Waals surface area contributed by atoms with Gasteiger partial charge in [0.25, 0.3) is 0 Å². The first kappa shape index (κ1) is 12.9. The maximum absolute atomic E-state index is 9.13. The first-order valence-corrected chi connectivity index (χ1v) is 5.58. The normalized spacial score (nSPS) is 29.0. The van der Waals surface area contributed by atoms with Crippen molar-refractivity contribution in [2.75, 3.05) is 32.8 Å². The fourth-order valence-corrected chi connectivity index (χ4v) is 2.15. The minimum atomic E-state index is -0.208. The zero-order chi connectivity index (χ0) is 11.5. The fraction of sp³-hybridized carbons (Fsp3) is 1.00. The maximum atomic E-state index is 9.13. The second-order valence-corrected chi connectivity index (χ2v) is 5.16. The van der Waals surface area contributed by atoms with E-state index in [9.17, 15) is 0 Å². The summed E-state index contributed by atoms with van der Waals surface area (Å²) in [5, 5.41) is 18.1. The van der Waals surface area contributed by atoms with Crippen LogP contribution in [0.4, 0.5) is 0 Å². The number of ether oxygens (including phenoxy) is 1. The number of morpholine rings is 1. The summed E-state index contributed by atoms with van der Waals surface area (Å²) in [5.74, 6) is 0.276. The maximum Gasteiger partial charge on any atom is 0.0940 e. The van der Waals surface area contributed by atoms with Gasteiger partial charge in [-0.15, -0.1) is 0 Å². The van der Waals surface area contributed by atoms with Crippen LogP contribution in [-0.2, 0) is 4.74 Å². The summed E-state index contributed by atoms with van der Waals surface area (Å²) in [6.07, 6.45) is -0.0976. The molecular formula is C11H23NO3. The lowest BCUT2D eigenvalue weighted by Crippen LogP contribution is -2.54. The van der Waals surface area contributed by atoms with Gasteiger partial charge in [-0.05, 0) is 19.8 Å². The lowest BCUT2D eigenvalue weighted by Gasteiger charge is -2.43. The van der Waals surface area contributed by atoms with Crippen LogP contribution in [0.3, 0.4) is 0 Å². The molecule has 1 aliphatic heterocycles. The molecule has 90 valence electrons. The van der Waals surface area contributed by atoms with E-state index in [2.05, 4.69) is 4.90 Å². The SMILES string of the molecule is CC(CO)CN1CC(CO)OC(C)(C)C1. The molecule has 2 unspecified atom stereocenters. The molecule has 0 aliphatic carbocycles. The molecule has 0 saturated carbocycles. The van der Waals surface area contributed by atoms with Crippen molar-refractivity contribution < 1.29 is 14.9 Å². The van der Waals surface area contributed by atoms with E-state index in [1.165, 1.54) is 0 Å². The third-order valence-electron chi connectivity index (χ3n) is 2.64. The number of nitrogens with zero attached hydrogens (tertiary/aromatic N) is 1. The summed E-state index contributed by atoms with van der Waals surface area (Å²) in [6.45, 7) is 8.83. The van der Waals surface area contributed by atoms with Gasteiger partial charge in [-0.2, -0.15) is 0 Å². The predicted molar refractivity (Wildman–Crippen MR) is 58.7 cm³/mol. The lowest BCUT2D eigenvalue weighted by atomic mass is 10.0. The summed E-state index contributed by atoms with van der Waals surface area (Å²) in [6, 6.07) is 0. The second kappa shape index (κ2) is 5.25. The van der Waals surface area contributed by atoms with Crippen molar-refractivity contribution in [1.82, 2.24) is 4.90 Å². The number of hydrogen-bond donors (Lipinski definition) is 2. The zero-order valence-corrected chi connectivity index (χ0v) is 9.94. The predicted octanol–water partition coefficient (Wildman–Crippen LogP) is 0.0865. The van der Waals surface area contributed by atoms with Gasteiger partial charge in [-0.1, -0.05) is 6.92 Å². The summed E-state index contributed by atoms with van der Waals surface area (Å²) in [4.78, 5) is 2.26. The molecule has 15 heavy (non-hydrogen) atoms. The van der Waals surface area contributed by atoms with Crippen molar-refractivity contribution in [3.63, 3.8) is 0 Å². The molecule has 0 aromatic carbocycles. The first-order valence-electron chi connectivity index (χ1n) is 5.58. The van der Waals surface area contributed by atoms with Crippen LogP contribution in [0.5, 0.6) is 0 Å². The van der Waals surface area contributed by atoms with E-state index in [1.54, 1.807) is 0 Å². The molecule has 0 amide bonds. The van der Waals surface area contributed by atoms with Crippen LogP contribution in [0.25, 0.3) is 0 Å². The Kier molecular flexibility index (Phi) is 4.52. The summed E-state index contributed by atoms with van der Waals surface area (Å²) < 4.78 is 5.71. The highest BCUT2D eigenvalue weighted by Gasteiger charge is 2.33. The van der Waals surface area contributed by atoms with Crippen LogP contribution in [0, 0.1) is 5.92 Å². The van der Waals surface area contributed by atoms with Crippen LogP contribution >= 0.6 is 0 Å². The third-order valence-corrected chi connectivity index (χ3v) is 2.64. The summed E-state index contributed by atoms with van der Waals surface area (Å²) >= 11 is 0. The van der Waals surface area contributed by atoms with Crippen molar-refractivity contribution in [1.29, 1.82) is 0 Å². The standard InChI is InChI=1S/C11H23NO3/c1-9(6-13)4-12-5-10(7-14)15-11(2,3)8-12/h9-10,13-14H,4-8H2,1-3H3. The Labute approximate surface area is 91.8 Å². The molecule has 4 nitrogen and oxygen atoms in total. The molecule has 2 N–H and O–H groups in total. The number of aliphatic hydroxyl groups excluding tert-OH is 2. The minimum Gasteiger partial charge on any atom is -0.396 e. The molecule has 0 aromatic heterocycles. The van der Waals surface area contributed by atoms with Crippen molar-refractivity contribution >= 4 is 0 Å². The van der Waals surface area contributed by atoms with E-state index in [0.29, 0.717) is 0 Å². The minimum absolute atomic E-state index is 0.0629. The van der Waals surface area contributed by atoms with E-state index in [1.807, 2.05) is 20.8 Å². The van der Waals surface area contributed by atoms with Gasteiger partial charge in [0, 0.05) is 26.2 Å². The highest BCUT2D eigenvalue weighted by Crippen LogP contribution is 2.21. The average Bonchev–Trinajstić information content (AvgIpc) is 2.15. The third kappa shape index (κ3) is 4.07. The van der Waals surface area contributed by atoms with Crippen molar-refractivity contribution in [2.45, 2.75) is 32.5 Å². The van der Waals surface area contributed by atoms with Crippen molar-refractivity contribution in [2.24, 2.45) is 5.92 Å². The first-order chi connectivity index (χ1) is 6.96. The largest absolute Gasteiger partial charge is 0.396 e. The van der Waals surface area contributed by atoms with Gasteiger partial charge in [0.2, 0.25) is 0 Å². The molecule has 0 spiro atoms. The van der Waals surface area contributed by atoms with Gasteiger partial charge in [-0.3, -0.25) is 4.90 Å². The van der Waals surface area contributed by atoms with Gasteiger partial charge < -0.3 is 14.9 Å². The Morgan fingerprint density at radius 1 is 1.47 bits per heavy atom. The molecule has 1 saturated heterocycles. The van der Waals surface area contributed by atoms with Crippen LogP contribution in [0.1, 0.15) is 20.8 Å². The molecule has 1 aliphatic rings. The van der Waals surface area contributed by atoms with Gasteiger partial charge in [-0.25, -0.2) is 0 Å². The van der Waals surface area contributed by atoms with E-state index in [4.69, 9.17) is 14.9 Å². The Bertz CT molecular complexity index is 194. The molecule has 0 bridgehead atoms. The fourth-order valence-electron chi connectivity index (χ4n) is 2.15. The molecule has 2 atom stereocenters. The summed E-state index contributed by atoms with van der Waals surface area (Å²) in [7, 11) is 0. The van der Waals surface area contributed by atoms with Gasteiger partial charge in [0.05, 0.1) is 18.3 Å². The number of rotatable bonds is 4. The monoisotopic (exact) mass is 217 g/mol. The molecule has 1 fully saturated rings. The average molecular weight is 217 g/mol. The van der Waals surface area contributed by atoms with E-state index in [-0.39, 0.29) is 30.8 Å². The van der Waals surface area contributed by atoms with Crippen LogP contribution in [-0.4, -0.2) is 59.7 Å². The van der Waals surface area contributed by atoms with E-state index < -0.39 is 0 Å². The van der Waals surface area contributed by atoms with Crippen molar-refractivity contribution in [3.8, 4) is 0 Å². The quantitative estimate of drug-likeness (QED) is 0.700.